The summed E-state index contributed by atoms with van der Waals surface area (Å²) in [6.45, 7) is 0. The molecule has 0 N–H and O–H groups in total. The first-order chi connectivity index (χ1) is 11.8. The quantitative estimate of drug-likeness (QED) is 0.343. The molecule has 2 saturated heterocycles. The molecule has 5 heteroatoms. The number of hydrogen-bond donors (Lipinski definition) is 0. The van der Waals surface area contributed by atoms with E-state index >= 15 is 0 Å². The van der Waals surface area contributed by atoms with Crippen molar-refractivity contribution in [3.05, 3.63) is 59.7 Å². The van der Waals surface area contributed by atoms with E-state index in [-0.39, 0.29) is 5.78 Å². The summed E-state index contributed by atoms with van der Waals surface area (Å²) in [7, 11) is 0. The Morgan fingerprint density at radius 3 is 1.50 bits per heavy atom. The van der Waals surface area contributed by atoms with E-state index in [1.165, 1.54) is 32.8 Å². The van der Waals surface area contributed by atoms with Crippen molar-refractivity contribution in [3.8, 4) is 0 Å². The van der Waals surface area contributed by atoms with Gasteiger partial charge in [-0.25, -0.2) is 0 Å². The van der Waals surface area contributed by atoms with Gasteiger partial charge < -0.3 is 0 Å². The lowest BCUT2D eigenvalue weighted by Gasteiger charge is -2.05. The molecular weight excluding hydrogens is 372 g/mol. The highest BCUT2D eigenvalue weighted by Crippen LogP contribution is 2.36. The number of hydrogen-bond acceptors (Lipinski definition) is 5. The van der Waals surface area contributed by atoms with Crippen LogP contribution in [0.25, 0.3) is 0 Å². The Balaban J connectivity index is 1.36. The van der Waals surface area contributed by atoms with Crippen LogP contribution in [-0.4, -0.2) is 39.3 Å². The fourth-order valence-electron chi connectivity index (χ4n) is 2.28. The van der Waals surface area contributed by atoms with Gasteiger partial charge in [-0.15, -0.1) is 23.5 Å². The van der Waals surface area contributed by atoms with Gasteiger partial charge >= 0.3 is 0 Å². The van der Waals surface area contributed by atoms with Crippen LogP contribution in [0.4, 0.5) is 0 Å². The lowest BCUT2D eigenvalue weighted by molar-refractivity contribution is 0.103. The van der Waals surface area contributed by atoms with Crippen molar-refractivity contribution >= 4 is 52.8 Å². The summed E-state index contributed by atoms with van der Waals surface area (Å²) in [5.74, 6) is 5.07. The highest BCUT2D eigenvalue weighted by Gasteiger charge is 2.22. The third kappa shape index (κ3) is 4.78. The summed E-state index contributed by atoms with van der Waals surface area (Å²) < 4.78 is 0. The smallest absolute Gasteiger partial charge is 0.193 e. The van der Waals surface area contributed by atoms with Gasteiger partial charge in [-0.1, -0.05) is 0 Å². The van der Waals surface area contributed by atoms with Crippen molar-refractivity contribution in [3.63, 3.8) is 0 Å². The first-order valence-corrected chi connectivity index (χ1v) is 12.1. The number of ketones is 1. The molecule has 24 heavy (non-hydrogen) atoms. The van der Waals surface area contributed by atoms with Crippen LogP contribution in [0.5, 0.6) is 0 Å². The van der Waals surface area contributed by atoms with E-state index in [1.54, 1.807) is 0 Å². The third-order valence-electron chi connectivity index (χ3n) is 3.91. The molecule has 0 spiro atoms. The van der Waals surface area contributed by atoms with E-state index in [4.69, 9.17) is 0 Å². The van der Waals surface area contributed by atoms with Gasteiger partial charge in [0.2, 0.25) is 0 Å². The van der Waals surface area contributed by atoms with Crippen LogP contribution in [0.1, 0.15) is 15.9 Å². The zero-order valence-corrected chi connectivity index (χ0v) is 16.4. The summed E-state index contributed by atoms with van der Waals surface area (Å²) in [4.78, 5) is 15.1. The predicted octanol–water partition coefficient (Wildman–Crippen LogP) is 5.33. The molecule has 2 heterocycles. The van der Waals surface area contributed by atoms with Gasteiger partial charge in [0.1, 0.15) is 0 Å². The number of rotatable bonds is 8. The van der Waals surface area contributed by atoms with Crippen LogP contribution in [0.3, 0.4) is 0 Å². The largest absolute Gasteiger partial charge is 0.289 e. The van der Waals surface area contributed by atoms with Crippen LogP contribution in [0.2, 0.25) is 0 Å². The molecule has 0 bridgehead atoms. The van der Waals surface area contributed by atoms with Gasteiger partial charge in [0.15, 0.2) is 5.78 Å². The van der Waals surface area contributed by atoms with Gasteiger partial charge in [0, 0.05) is 54.4 Å². The number of thioether (sulfide) groups is 4. The molecule has 2 aromatic rings. The molecule has 2 aliphatic heterocycles. The molecule has 2 atom stereocenters. The van der Waals surface area contributed by atoms with E-state index < -0.39 is 0 Å². The Labute approximate surface area is 160 Å². The van der Waals surface area contributed by atoms with E-state index in [0.29, 0.717) is 0 Å². The molecule has 124 valence electrons. The third-order valence-corrected chi connectivity index (χ3v) is 8.62. The lowest BCUT2D eigenvalue weighted by Crippen LogP contribution is -2.01. The molecule has 1 nitrogen and oxygen atoms in total. The minimum Gasteiger partial charge on any atom is -0.289 e. The van der Waals surface area contributed by atoms with E-state index in [9.17, 15) is 4.79 Å². The monoisotopic (exact) mass is 390 g/mol. The van der Waals surface area contributed by atoms with Crippen LogP contribution in [-0.2, 0) is 0 Å². The SMILES string of the molecule is O=C(c1ccc(SCC2CS2)cc1)c1ccc(SCC2CS2)cc1. The number of benzene rings is 2. The second kappa shape index (κ2) is 7.81. The fraction of sp³-hybridized carbons (Fsp3) is 0.316. The summed E-state index contributed by atoms with van der Waals surface area (Å²) in [6, 6.07) is 16.1. The zero-order chi connectivity index (χ0) is 16.4. The fourth-order valence-corrected chi connectivity index (χ4v) is 5.91. The van der Waals surface area contributed by atoms with E-state index in [1.807, 2.05) is 71.3 Å². The van der Waals surface area contributed by atoms with Gasteiger partial charge in [-0.05, 0) is 48.5 Å². The first-order valence-electron chi connectivity index (χ1n) is 8.01. The summed E-state index contributed by atoms with van der Waals surface area (Å²) in [5, 5.41) is 1.68. The molecule has 0 radical (unpaired) electrons. The van der Waals surface area contributed by atoms with Crippen LogP contribution in [0, 0.1) is 0 Å². The van der Waals surface area contributed by atoms with Gasteiger partial charge in [-0.2, -0.15) is 23.5 Å². The topological polar surface area (TPSA) is 17.1 Å². The molecule has 2 aliphatic rings. The maximum Gasteiger partial charge on any atom is 0.193 e. The van der Waals surface area contributed by atoms with Crippen LogP contribution in [0.15, 0.2) is 58.3 Å². The maximum absolute atomic E-state index is 12.6. The molecule has 0 saturated carbocycles. The second-order valence-electron chi connectivity index (χ2n) is 5.91. The average molecular weight is 391 g/mol. The Hall–Kier alpha value is -0.490. The lowest BCUT2D eigenvalue weighted by atomic mass is 10.0. The first kappa shape index (κ1) is 17.0. The average Bonchev–Trinajstić information content (AvgIpc) is 3.53. The van der Waals surface area contributed by atoms with Crippen molar-refractivity contribution in [2.24, 2.45) is 0 Å². The van der Waals surface area contributed by atoms with Gasteiger partial charge in [0.05, 0.1) is 0 Å². The van der Waals surface area contributed by atoms with Gasteiger partial charge in [0.25, 0.3) is 0 Å². The van der Waals surface area contributed by atoms with Crippen molar-refractivity contribution < 1.29 is 4.79 Å². The molecule has 2 fully saturated rings. The van der Waals surface area contributed by atoms with Crippen molar-refractivity contribution in [2.45, 2.75) is 20.3 Å². The van der Waals surface area contributed by atoms with Crippen LogP contribution >= 0.6 is 47.0 Å². The minimum atomic E-state index is 0.110. The van der Waals surface area contributed by atoms with Crippen LogP contribution < -0.4 is 0 Å². The zero-order valence-electron chi connectivity index (χ0n) is 13.1. The normalized spacial score (nSPS) is 21.5. The summed E-state index contributed by atoms with van der Waals surface area (Å²) in [5.41, 5.74) is 1.55. The second-order valence-corrected chi connectivity index (χ2v) is 10.8. The summed E-state index contributed by atoms with van der Waals surface area (Å²) >= 11 is 7.82. The maximum atomic E-state index is 12.6. The molecule has 2 aromatic carbocycles. The Bertz CT molecular complexity index is 642. The van der Waals surface area contributed by atoms with Crippen molar-refractivity contribution in [1.82, 2.24) is 0 Å². The number of carbonyl (C=O) groups is 1. The van der Waals surface area contributed by atoms with E-state index in [0.717, 1.165) is 21.6 Å². The number of carbonyl (C=O) groups excluding carboxylic acids is 1. The van der Waals surface area contributed by atoms with Crippen molar-refractivity contribution in [1.29, 1.82) is 0 Å². The van der Waals surface area contributed by atoms with Gasteiger partial charge in [-0.3, -0.25) is 4.79 Å². The highest BCUT2D eigenvalue weighted by molar-refractivity contribution is 8.09. The highest BCUT2D eigenvalue weighted by atomic mass is 32.2. The predicted molar refractivity (Wildman–Crippen MR) is 110 cm³/mol. The van der Waals surface area contributed by atoms with Crippen molar-refractivity contribution in [2.75, 3.05) is 23.0 Å². The minimum absolute atomic E-state index is 0.110. The summed E-state index contributed by atoms with van der Waals surface area (Å²) in [6.07, 6.45) is 0. The standard InChI is InChI=1S/C19H18OS4/c20-19(13-1-5-15(6-2-13)21-9-17-11-23-17)14-3-7-16(8-4-14)22-10-18-12-24-18/h1-8,17-18H,9-12H2. The molecule has 0 aliphatic carbocycles. The molecule has 0 amide bonds. The Kier molecular flexibility index (Phi) is 5.52. The molecule has 2 unspecified atom stereocenters. The molecular formula is C19H18OS4. The molecule has 4 rings (SSSR count). The Morgan fingerprint density at radius 2 is 1.17 bits per heavy atom. The van der Waals surface area contributed by atoms with E-state index in [2.05, 4.69) is 24.3 Å². The molecule has 0 aromatic heterocycles. The Morgan fingerprint density at radius 1 is 0.792 bits per heavy atom.